The van der Waals surface area contributed by atoms with Gasteiger partial charge in [-0.1, -0.05) is 12.7 Å². The lowest BCUT2D eigenvalue weighted by Gasteiger charge is -1.99. The molecular weight excluding hydrogens is 130 g/mol. The third kappa shape index (κ3) is 2.35. The summed E-state index contributed by atoms with van der Waals surface area (Å²) in [6.45, 7) is 5.47. The molecule has 0 aliphatic rings. The number of esters is 1. The molecule has 0 spiro atoms. The number of hydrogen-bond acceptors (Lipinski definition) is 3. The van der Waals surface area contributed by atoms with Crippen molar-refractivity contribution < 1.29 is 9.53 Å². The second-order valence-electron chi connectivity index (χ2n) is 1.55. The minimum atomic E-state index is -0.431. The normalized spacial score (nSPS) is 10.7. The maximum absolute atomic E-state index is 10.8. The Bertz CT molecular complexity index is 161. The molecule has 0 aromatic heterocycles. The van der Waals surface area contributed by atoms with Gasteiger partial charge in [0.1, 0.15) is 0 Å². The van der Waals surface area contributed by atoms with E-state index in [0.717, 1.165) is 0 Å². The molecule has 0 unspecified atom stereocenters. The highest BCUT2D eigenvalue weighted by Crippen LogP contribution is 1.95. The summed E-state index contributed by atoms with van der Waals surface area (Å²) >= 11 is 0. The number of carbonyl (C=O) groups excluding carboxylic acids is 1. The Labute approximate surface area is 60.2 Å². The molecule has 3 heteroatoms. The van der Waals surface area contributed by atoms with Crippen LogP contribution in [0.4, 0.5) is 0 Å². The van der Waals surface area contributed by atoms with Crippen LogP contribution in [0.2, 0.25) is 0 Å². The van der Waals surface area contributed by atoms with Crippen LogP contribution in [0.3, 0.4) is 0 Å². The van der Waals surface area contributed by atoms with E-state index >= 15 is 0 Å². The fourth-order valence-electron chi connectivity index (χ4n) is 0.434. The number of hydrogen-bond donors (Lipinski definition) is 1. The Hall–Kier alpha value is -1.25. The molecule has 3 nitrogen and oxygen atoms in total. The summed E-state index contributed by atoms with van der Waals surface area (Å²) in [5, 5.41) is 0. The van der Waals surface area contributed by atoms with E-state index in [0.29, 0.717) is 12.2 Å². The van der Waals surface area contributed by atoms with Crippen molar-refractivity contribution in [2.75, 3.05) is 6.61 Å². The molecule has 0 rings (SSSR count). The van der Waals surface area contributed by atoms with Crippen molar-refractivity contribution in [3.05, 3.63) is 24.4 Å². The zero-order valence-electron chi connectivity index (χ0n) is 5.96. The lowest BCUT2D eigenvalue weighted by molar-refractivity contribution is -0.138. The van der Waals surface area contributed by atoms with E-state index in [1.807, 2.05) is 0 Å². The van der Waals surface area contributed by atoms with Crippen molar-refractivity contribution in [1.29, 1.82) is 0 Å². The molecule has 0 atom stereocenters. The van der Waals surface area contributed by atoms with E-state index in [9.17, 15) is 4.79 Å². The van der Waals surface area contributed by atoms with Crippen LogP contribution in [-0.4, -0.2) is 12.6 Å². The Kier molecular flexibility index (Phi) is 4.04. The second kappa shape index (κ2) is 4.61. The first-order valence-electron chi connectivity index (χ1n) is 2.97. The first-order valence-corrected chi connectivity index (χ1v) is 2.97. The summed E-state index contributed by atoms with van der Waals surface area (Å²) < 4.78 is 4.63. The molecule has 0 saturated carbocycles. The van der Waals surface area contributed by atoms with Gasteiger partial charge in [0, 0.05) is 6.20 Å². The van der Waals surface area contributed by atoms with E-state index in [1.54, 1.807) is 6.92 Å². The summed E-state index contributed by atoms with van der Waals surface area (Å²) in [5.74, 6) is -0.431. The Morgan fingerprint density at radius 1 is 1.80 bits per heavy atom. The zero-order chi connectivity index (χ0) is 7.98. The van der Waals surface area contributed by atoms with Gasteiger partial charge in [-0.2, -0.15) is 0 Å². The van der Waals surface area contributed by atoms with Crippen LogP contribution in [0.5, 0.6) is 0 Å². The van der Waals surface area contributed by atoms with Gasteiger partial charge in [0.25, 0.3) is 0 Å². The standard InChI is InChI=1S/C7H11NO2/c1-3-6(5-8)7(9)10-4-2/h3,5H,1,4,8H2,2H3/b6-5+. The van der Waals surface area contributed by atoms with Crippen molar-refractivity contribution in [3.63, 3.8) is 0 Å². The maximum atomic E-state index is 10.8. The smallest absolute Gasteiger partial charge is 0.339 e. The van der Waals surface area contributed by atoms with Gasteiger partial charge >= 0.3 is 5.97 Å². The van der Waals surface area contributed by atoms with Crippen molar-refractivity contribution in [3.8, 4) is 0 Å². The summed E-state index contributed by atoms with van der Waals surface area (Å²) in [7, 11) is 0. The Morgan fingerprint density at radius 2 is 2.40 bits per heavy atom. The van der Waals surface area contributed by atoms with Gasteiger partial charge in [-0.15, -0.1) is 0 Å². The van der Waals surface area contributed by atoms with Crippen molar-refractivity contribution >= 4 is 5.97 Å². The highest BCUT2D eigenvalue weighted by molar-refractivity contribution is 5.91. The minimum absolute atomic E-state index is 0.293. The van der Waals surface area contributed by atoms with Gasteiger partial charge in [0.2, 0.25) is 0 Å². The average molecular weight is 141 g/mol. The molecule has 0 heterocycles. The average Bonchev–Trinajstić information content (AvgIpc) is 1.91. The largest absolute Gasteiger partial charge is 0.462 e. The first-order chi connectivity index (χ1) is 4.76. The number of ether oxygens (including phenoxy) is 1. The Morgan fingerprint density at radius 3 is 2.70 bits per heavy atom. The summed E-state index contributed by atoms with van der Waals surface area (Å²) in [5.41, 5.74) is 5.37. The molecule has 0 aliphatic heterocycles. The van der Waals surface area contributed by atoms with Crippen LogP contribution in [0.25, 0.3) is 0 Å². The SMILES string of the molecule is C=C/C(=C\N)C(=O)OCC. The molecule has 0 bridgehead atoms. The van der Waals surface area contributed by atoms with E-state index in [1.165, 1.54) is 12.3 Å². The predicted octanol–water partition coefficient (Wildman–Crippen LogP) is 0.578. The lowest BCUT2D eigenvalue weighted by Crippen LogP contribution is -2.07. The summed E-state index contributed by atoms with van der Waals surface area (Å²) in [6, 6.07) is 0. The second-order valence-corrected chi connectivity index (χ2v) is 1.55. The fourth-order valence-corrected chi connectivity index (χ4v) is 0.434. The topological polar surface area (TPSA) is 52.3 Å². The summed E-state index contributed by atoms with van der Waals surface area (Å²) in [6.07, 6.45) is 2.53. The third-order valence-electron chi connectivity index (χ3n) is 0.911. The molecule has 2 N–H and O–H groups in total. The van der Waals surface area contributed by atoms with Crippen LogP contribution >= 0.6 is 0 Å². The molecule has 0 fully saturated rings. The van der Waals surface area contributed by atoms with Crippen molar-refractivity contribution in [2.24, 2.45) is 5.73 Å². The molecule has 0 radical (unpaired) electrons. The highest BCUT2D eigenvalue weighted by Gasteiger charge is 2.03. The first kappa shape index (κ1) is 8.75. The molecule has 0 aromatic rings. The quantitative estimate of drug-likeness (QED) is 0.355. The van der Waals surface area contributed by atoms with E-state index < -0.39 is 5.97 Å². The number of carbonyl (C=O) groups is 1. The van der Waals surface area contributed by atoms with E-state index in [2.05, 4.69) is 11.3 Å². The molecule has 0 amide bonds. The van der Waals surface area contributed by atoms with Crippen LogP contribution in [0.15, 0.2) is 24.4 Å². The van der Waals surface area contributed by atoms with Crippen molar-refractivity contribution in [2.45, 2.75) is 6.92 Å². The summed E-state index contributed by atoms with van der Waals surface area (Å²) in [4.78, 5) is 10.8. The molecular formula is C7H11NO2. The van der Waals surface area contributed by atoms with Crippen molar-refractivity contribution in [1.82, 2.24) is 0 Å². The maximum Gasteiger partial charge on any atom is 0.339 e. The molecule has 0 aliphatic carbocycles. The van der Waals surface area contributed by atoms with Gasteiger partial charge in [-0.3, -0.25) is 0 Å². The van der Waals surface area contributed by atoms with Gasteiger partial charge in [-0.25, -0.2) is 4.79 Å². The van der Waals surface area contributed by atoms with Crippen LogP contribution < -0.4 is 5.73 Å². The Balaban J connectivity index is 4.04. The molecule has 56 valence electrons. The van der Waals surface area contributed by atoms with Gasteiger partial charge in [0.15, 0.2) is 0 Å². The molecule has 10 heavy (non-hydrogen) atoms. The zero-order valence-corrected chi connectivity index (χ0v) is 5.96. The lowest BCUT2D eigenvalue weighted by atomic mass is 10.3. The predicted molar refractivity (Wildman–Crippen MR) is 39.1 cm³/mol. The van der Waals surface area contributed by atoms with Gasteiger partial charge < -0.3 is 10.5 Å². The van der Waals surface area contributed by atoms with Gasteiger partial charge in [0.05, 0.1) is 12.2 Å². The van der Waals surface area contributed by atoms with Gasteiger partial charge in [-0.05, 0) is 6.92 Å². The number of nitrogens with two attached hydrogens (primary N) is 1. The minimum Gasteiger partial charge on any atom is -0.462 e. The monoisotopic (exact) mass is 141 g/mol. The van der Waals surface area contributed by atoms with Crippen LogP contribution in [-0.2, 0) is 9.53 Å². The van der Waals surface area contributed by atoms with Crippen LogP contribution in [0.1, 0.15) is 6.92 Å². The third-order valence-corrected chi connectivity index (χ3v) is 0.911. The highest BCUT2D eigenvalue weighted by atomic mass is 16.5. The molecule has 0 saturated heterocycles. The number of rotatable bonds is 3. The van der Waals surface area contributed by atoms with Crippen LogP contribution in [0, 0.1) is 0 Å². The molecule has 0 aromatic carbocycles. The van der Waals surface area contributed by atoms with E-state index in [4.69, 9.17) is 5.73 Å². The fraction of sp³-hybridized carbons (Fsp3) is 0.286. The van der Waals surface area contributed by atoms with E-state index in [-0.39, 0.29) is 0 Å².